The summed E-state index contributed by atoms with van der Waals surface area (Å²) in [6.07, 6.45) is 0. The Bertz CT molecular complexity index is 1120. The number of aromatic nitrogens is 4. The fourth-order valence-corrected chi connectivity index (χ4v) is 2.38. The van der Waals surface area contributed by atoms with Crippen LogP contribution in [0.2, 0.25) is 0 Å². The van der Waals surface area contributed by atoms with E-state index in [0.717, 1.165) is 6.07 Å². The standard InChI is InChI=1S/C16H9F2N5O2/c17-10-4-9(5-11(18)7-10)8-2-1-3-12(6-8)19-15-16(24)21-14-13(20-15)22-25-23-14/h1-7H,(H,19,20,22)(H,21,23,24). The van der Waals surface area contributed by atoms with E-state index in [1.54, 1.807) is 24.3 Å². The second-order valence-electron chi connectivity index (χ2n) is 5.21. The van der Waals surface area contributed by atoms with Crippen molar-refractivity contribution in [1.82, 2.24) is 20.3 Å². The summed E-state index contributed by atoms with van der Waals surface area (Å²) in [6, 6.07) is 9.95. The van der Waals surface area contributed by atoms with Crippen LogP contribution in [0.1, 0.15) is 0 Å². The summed E-state index contributed by atoms with van der Waals surface area (Å²) < 4.78 is 31.3. The van der Waals surface area contributed by atoms with Gasteiger partial charge in [0.05, 0.1) is 0 Å². The fraction of sp³-hybridized carbons (Fsp3) is 0. The molecule has 0 aliphatic carbocycles. The van der Waals surface area contributed by atoms with Gasteiger partial charge in [0.25, 0.3) is 5.56 Å². The molecule has 0 aliphatic rings. The lowest BCUT2D eigenvalue weighted by molar-refractivity contribution is 0.314. The van der Waals surface area contributed by atoms with E-state index in [1.807, 2.05) is 0 Å². The van der Waals surface area contributed by atoms with Crippen molar-refractivity contribution in [2.24, 2.45) is 0 Å². The van der Waals surface area contributed by atoms with Crippen LogP contribution in [0.3, 0.4) is 0 Å². The molecule has 0 aliphatic heterocycles. The summed E-state index contributed by atoms with van der Waals surface area (Å²) in [5.74, 6) is -1.35. The van der Waals surface area contributed by atoms with Crippen LogP contribution in [0, 0.1) is 11.6 Å². The van der Waals surface area contributed by atoms with Gasteiger partial charge in [0.1, 0.15) is 11.6 Å². The minimum Gasteiger partial charge on any atom is -0.336 e. The zero-order valence-electron chi connectivity index (χ0n) is 12.5. The maximum Gasteiger partial charge on any atom is 0.292 e. The van der Waals surface area contributed by atoms with E-state index in [1.165, 1.54) is 12.1 Å². The lowest BCUT2D eigenvalue weighted by Gasteiger charge is -2.08. The van der Waals surface area contributed by atoms with E-state index in [0.29, 0.717) is 16.8 Å². The first-order valence-electron chi connectivity index (χ1n) is 7.15. The van der Waals surface area contributed by atoms with E-state index < -0.39 is 17.2 Å². The minimum atomic E-state index is -0.671. The van der Waals surface area contributed by atoms with Crippen LogP contribution in [0.15, 0.2) is 51.9 Å². The van der Waals surface area contributed by atoms with Gasteiger partial charge in [-0.3, -0.25) is 9.78 Å². The summed E-state index contributed by atoms with van der Waals surface area (Å²) in [5.41, 5.74) is 1.23. The number of nitrogens with zero attached hydrogens (tertiary/aromatic N) is 3. The average Bonchev–Trinajstić information content (AvgIpc) is 3.01. The topological polar surface area (TPSA) is 96.7 Å². The van der Waals surface area contributed by atoms with Crippen LogP contribution in [-0.4, -0.2) is 20.3 Å². The Morgan fingerprint density at radius 3 is 2.60 bits per heavy atom. The van der Waals surface area contributed by atoms with Gasteiger partial charge in [0, 0.05) is 11.8 Å². The number of benzene rings is 2. The molecule has 0 spiro atoms. The molecule has 4 rings (SSSR count). The Morgan fingerprint density at radius 1 is 1.00 bits per heavy atom. The number of hydrogen-bond acceptors (Lipinski definition) is 6. The number of rotatable bonds is 3. The Morgan fingerprint density at radius 2 is 1.80 bits per heavy atom. The van der Waals surface area contributed by atoms with Gasteiger partial charge in [-0.25, -0.2) is 13.4 Å². The molecule has 0 atom stereocenters. The van der Waals surface area contributed by atoms with Crippen LogP contribution in [0.5, 0.6) is 0 Å². The van der Waals surface area contributed by atoms with E-state index in [-0.39, 0.29) is 17.1 Å². The number of hydrogen-bond donors (Lipinski definition) is 2. The van der Waals surface area contributed by atoms with E-state index in [9.17, 15) is 13.6 Å². The van der Waals surface area contributed by atoms with Crippen LogP contribution in [0.4, 0.5) is 20.3 Å². The predicted molar refractivity (Wildman–Crippen MR) is 85.3 cm³/mol. The number of anilines is 2. The molecule has 0 saturated heterocycles. The normalized spacial score (nSPS) is 11.0. The first-order chi connectivity index (χ1) is 12.1. The number of nitrogens with one attached hydrogen (secondary N) is 2. The van der Waals surface area contributed by atoms with Crippen molar-refractivity contribution in [3.8, 4) is 11.1 Å². The summed E-state index contributed by atoms with van der Waals surface area (Å²) in [4.78, 5) is 18.5. The minimum absolute atomic E-state index is 0.00854. The molecule has 2 aromatic heterocycles. The summed E-state index contributed by atoms with van der Waals surface area (Å²) in [5, 5.41) is 9.89. The molecule has 4 aromatic rings. The van der Waals surface area contributed by atoms with Crippen molar-refractivity contribution in [3.05, 3.63) is 64.5 Å². The molecule has 0 amide bonds. The molecular formula is C16H9F2N5O2. The highest BCUT2D eigenvalue weighted by molar-refractivity contribution is 5.71. The monoisotopic (exact) mass is 341 g/mol. The first-order valence-corrected chi connectivity index (χ1v) is 7.15. The molecule has 0 radical (unpaired) electrons. The van der Waals surface area contributed by atoms with Crippen LogP contribution >= 0.6 is 0 Å². The molecule has 25 heavy (non-hydrogen) atoms. The van der Waals surface area contributed by atoms with Crippen molar-refractivity contribution in [3.63, 3.8) is 0 Å². The molecule has 0 saturated carbocycles. The number of aromatic amines is 1. The Labute approximate surface area is 138 Å². The second kappa shape index (κ2) is 5.78. The van der Waals surface area contributed by atoms with Gasteiger partial charge in [-0.05, 0) is 45.7 Å². The Balaban J connectivity index is 1.71. The van der Waals surface area contributed by atoms with Crippen molar-refractivity contribution in [2.75, 3.05) is 5.32 Å². The van der Waals surface area contributed by atoms with Crippen LogP contribution < -0.4 is 10.9 Å². The highest BCUT2D eigenvalue weighted by Crippen LogP contribution is 2.25. The van der Waals surface area contributed by atoms with Gasteiger partial charge in [0.15, 0.2) is 5.82 Å². The number of fused-ring (bicyclic) bond motifs is 1. The smallest absolute Gasteiger partial charge is 0.292 e. The lowest BCUT2D eigenvalue weighted by atomic mass is 10.0. The van der Waals surface area contributed by atoms with Crippen molar-refractivity contribution in [1.29, 1.82) is 0 Å². The summed E-state index contributed by atoms with van der Waals surface area (Å²) in [6.45, 7) is 0. The van der Waals surface area contributed by atoms with Gasteiger partial charge >= 0.3 is 0 Å². The zero-order chi connectivity index (χ0) is 17.4. The van der Waals surface area contributed by atoms with Gasteiger partial charge in [-0.15, -0.1) is 0 Å². The highest BCUT2D eigenvalue weighted by Gasteiger charge is 2.10. The van der Waals surface area contributed by atoms with Gasteiger partial charge in [0.2, 0.25) is 11.3 Å². The van der Waals surface area contributed by atoms with Crippen molar-refractivity contribution >= 4 is 22.8 Å². The molecule has 124 valence electrons. The highest BCUT2D eigenvalue weighted by atomic mass is 19.1. The van der Waals surface area contributed by atoms with E-state index >= 15 is 0 Å². The Hall–Kier alpha value is -3.62. The SMILES string of the molecule is O=c1[nH]c2nonc2nc1Nc1cccc(-c2cc(F)cc(F)c2)c1. The quantitative estimate of drug-likeness (QED) is 0.595. The van der Waals surface area contributed by atoms with Gasteiger partial charge in [-0.2, -0.15) is 4.98 Å². The maximum atomic E-state index is 13.4. The molecule has 2 aromatic carbocycles. The maximum absolute atomic E-state index is 13.4. The fourth-order valence-electron chi connectivity index (χ4n) is 2.38. The average molecular weight is 341 g/mol. The molecule has 7 nitrogen and oxygen atoms in total. The zero-order valence-corrected chi connectivity index (χ0v) is 12.5. The summed E-state index contributed by atoms with van der Waals surface area (Å²) in [7, 11) is 0. The van der Waals surface area contributed by atoms with E-state index in [2.05, 4.69) is 30.2 Å². The largest absolute Gasteiger partial charge is 0.336 e. The third-order valence-electron chi connectivity index (χ3n) is 3.46. The molecule has 0 fully saturated rings. The van der Waals surface area contributed by atoms with Crippen LogP contribution in [0.25, 0.3) is 22.4 Å². The molecule has 0 bridgehead atoms. The molecule has 2 heterocycles. The predicted octanol–water partition coefficient (Wildman–Crippen LogP) is 2.99. The van der Waals surface area contributed by atoms with Crippen molar-refractivity contribution in [2.45, 2.75) is 0 Å². The third-order valence-corrected chi connectivity index (χ3v) is 3.46. The Kier molecular flexibility index (Phi) is 3.46. The molecule has 0 unspecified atom stereocenters. The lowest BCUT2D eigenvalue weighted by Crippen LogP contribution is -2.13. The number of halogens is 2. The molecule has 9 heteroatoms. The third kappa shape index (κ3) is 2.94. The number of H-pyrrole nitrogens is 1. The van der Waals surface area contributed by atoms with Gasteiger partial charge < -0.3 is 5.32 Å². The van der Waals surface area contributed by atoms with Gasteiger partial charge in [-0.1, -0.05) is 12.1 Å². The molecule has 2 N–H and O–H groups in total. The van der Waals surface area contributed by atoms with Crippen LogP contribution in [-0.2, 0) is 0 Å². The van der Waals surface area contributed by atoms with E-state index in [4.69, 9.17) is 0 Å². The first kappa shape index (κ1) is 14.9. The van der Waals surface area contributed by atoms with Crippen molar-refractivity contribution < 1.29 is 13.4 Å². The summed E-state index contributed by atoms with van der Waals surface area (Å²) >= 11 is 0. The second-order valence-corrected chi connectivity index (χ2v) is 5.21. The molecular weight excluding hydrogens is 332 g/mol.